The fourth-order valence-corrected chi connectivity index (χ4v) is 2.12. The van der Waals surface area contributed by atoms with Crippen molar-refractivity contribution in [3.05, 3.63) is 69.2 Å². The molecule has 0 amide bonds. The van der Waals surface area contributed by atoms with E-state index in [0.717, 1.165) is 11.1 Å². The summed E-state index contributed by atoms with van der Waals surface area (Å²) in [5, 5.41) is 14.0. The molecule has 0 unspecified atom stereocenters. The number of hydrogen-bond donors (Lipinski definition) is 1. The number of rotatable bonds is 4. The Bertz CT molecular complexity index is 638. The smallest absolute Gasteiger partial charge is 0.0991 e. The van der Waals surface area contributed by atoms with Crippen molar-refractivity contribution in [1.82, 2.24) is 5.43 Å². The minimum absolute atomic E-state index is 0.450. The first-order chi connectivity index (χ1) is 9.70. The highest BCUT2D eigenvalue weighted by molar-refractivity contribution is 6.35. The molecule has 0 aromatic heterocycles. The van der Waals surface area contributed by atoms with Crippen molar-refractivity contribution in [2.75, 3.05) is 0 Å². The van der Waals surface area contributed by atoms with E-state index < -0.39 is 0 Å². The van der Waals surface area contributed by atoms with Gasteiger partial charge in [-0.25, -0.2) is 0 Å². The maximum absolute atomic E-state index is 8.70. The molecule has 1 N–H and O–H groups in total. The van der Waals surface area contributed by atoms with Crippen molar-refractivity contribution in [3.63, 3.8) is 0 Å². The zero-order valence-electron chi connectivity index (χ0n) is 10.5. The van der Waals surface area contributed by atoms with Gasteiger partial charge in [0, 0.05) is 15.6 Å². The van der Waals surface area contributed by atoms with Crippen LogP contribution >= 0.6 is 23.2 Å². The summed E-state index contributed by atoms with van der Waals surface area (Å²) in [6.07, 6.45) is 1.67. The van der Waals surface area contributed by atoms with Gasteiger partial charge in [0.15, 0.2) is 0 Å². The van der Waals surface area contributed by atoms with E-state index >= 15 is 0 Å². The summed E-state index contributed by atoms with van der Waals surface area (Å²) in [6, 6.07) is 14.6. The Balaban J connectivity index is 1.95. The molecular formula is C15H11Cl2N3. The van der Waals surface area contributed by atoms with Crippen LogP contribution in [0.1, 0.15) is 16.7 Å². The van der Waals surface area contributed by atoms with Crippen LogP contribution in [0.3, 0.4) is 0 Å². The zero-order chi connectivity index (χ0) is 14.4. The van der Waals surface area contributed by atoms with Crippen LogP contribution in [0.2, 0.25) is 10.0 Å². The highest BCUT2D eigenvalue weighted by Gasteiger charge is 2.03. The maximum Gasteiger partial charge on any atom is 0.0991 e. The molecule has 20 heavy (non-hydrogen) atoms. The number of hydrogen-bond acceptors (Lipinski definition) is 3. The Hall–Kier alpha value is -2.02. The van der Waals surface area contributed by atoms with E-state index in [9.17, 15) is 0 Å². The molecule has 0 heterocycles. The first kappa shape index (κ1) is 14.4. The van der Waals surface area contributed by atoms with Gasteiger partial charge in [-0.05, 0) is 29.8 Å². The summed E-state index contributed by atoms with van der Waals surface area (Å²) >= 11 is 12.1. The highest BCUT2D eigenvalue weighted by Crippen LogP contribution is 2.23. The van der Waals surface area contributed by atoms with Gasteiger partial charge in [0.2, 0.25) is 0 Å². The van der Waals surface area contributed by atoms with Crippen molar-refractivity contribution in [2.45, 2.75) is 6.54 Å². The van der Waals surface area contributed by atoms with Crippen LogP contribution < -0.4 is 5.43 Å². The van der Waals surface area contributed by atoms with Crippen LogP contribution in [-0.4, -0.2) is 6.21 Å². The van der Waals surface area contributed by atoms with Gasteiger partial charge in [-0.1, -0.05) is 41.4 Å². The Labute approximate surface area is 127 Å². The van der Waals surface area contributed by atoms with Gasteiger partial charge in [-0.3, -0.25) is 0 Å². The normalized spacial score (nSPS) is 10.4. The Morgan fingerprint density at radius 2 is 1.75 bits per heavy atom. The van der Waals surface area contributed by atoms with E-state index in [1.807, 2.05) is 12.1 Å². The molecule has 0 aliphatic carbocycles. The third kappa shape index (κ3) is 3.74. The third-order valence-corrected chi connectivity index (χ3v) is 3.37. The number of hydrazone groups is 1. The molecule has 2 aromatic rings. The Kier molecular flexibility index (Phi) is 5.00. The standard InChI is InChI=1S/C15H11Cl2N3/c16-14-2-1-3-15(17)13(14)10-20-19-9-12-6-4-11(8-18)5-7-12/h1-7,9,20H,10H2/b19-9+. The van der Waals surface area contributed by atoms with Crippen molar-refractivity contribution in [1.29, 1.82) is 5.26 Å². The van der Waals surface area contributed by atoms with Gasteiger partial charge in [0.05, 0.1) is 24.4 Å². The maximum atomic E-state index is 8.70. The SMILES string of the molecule is N#Cc1ccc(/C=N/NCc2c(Cl)cccc2Cl)cc1. The van der Waals surface area contributed by atoms with Gasteiger partial charge in [-0.15, -0.1) is 0 Å². The second kappa shape index (κ2) is 6.95. The summed E-state index contributed by atoms with van der Waals surface area (Å²) in [6.45, 7) is 0.450. The van der Waals surface area contributed by atoms with E-state index in [-0.39, 0.29) is 0 Å². The molecule has 0 saturated carbocycles. The topological polar surface area (TPSA) is 48.2 Å². The lowest BCUT2D eigenvalue weighted by atomic mass is 10.2. The number of nitriles is 1. The van der Waals surface area contributed by atoms with Crippen LogP contribution in [0.4, 0.5) is 0 Å². The molecule has 0 bridgehead atoms. The van der Waals surface area contributed by atoms with Crippen LogP contribution in [0, 0.1) is 11.3 Å². The summed E-state index contributed by atoms with van der Waals surface area (Å²) in [4.78, 5) is 0. The molecule has 100 valence electrons. The monoisotopic (exact) mass is 303 g/mol. The summed E-state index contributed by atoms with van der Waals surface area (Å²) in [5.74, 6) is 0. The van der Waals surface area contributed by atoms with Crippen LogP contribution in [0.15, 0.2) is 47.6 Å². The molecule has 3 nitrogen and oxygen atoms in total. The van der Waals surface area contributed by atoms with E-state index in [1.165, 1.54) is 0 Å². The average Bonchev–Trinajstić information content (AvgIpc) is 2.46. The van der Waals surface area contributed by atoms with E-state index in [1.54, 1.807) is 36.5 Å². The predicted octanol–water partition coefficient (Wildman–Crippen LogP) is 3.99. The van der Waals surface area contributed by atoms with Crippen molar-refractivity contribution in [2.24, 2.45) is 5.10 Å². The largest absolute Gasteiger partial charge is 0.306 e. The number of halogens is 2. The molecule has 0 saturated heterocycles. The summed E-state index contributed by atoms with van der Waals surface area (Å²) in [7, 11) is 0. The van der Waals surface area contributed by atoms with Gasteiger partial charge in [0.25, 0.3) is 0 Å². The first-order valence-corrected chi connectivity index (χ1v) is 6.65. The molecule has 0 aliphatic rings. The second-order valence-electron chi connectivity index (χ2n) is 4.03. The fraction of sp³-hybridized carbons (Fsp3) is 0.0667. The van der Waals surface area contributed by atoms with Crippen LogP contribution in [0.5, 0.6) is 0 Å². The molecule has 0 aliphatic heterocycles. The van der Waals surface area contributed by atoms with Gasteiger partial charge < -0.3 is 5.43 Å². The van der Waals surface area contributed by atoms with E-state index in [2.05, 4.69) is 16.6 Å². The highest BCUT2D eigenvalue weighted by atomic mass is 35.5. The quantitative estimate of drug-likeness (QED) is 0.686. The van der Waals surface area contributed by atoms with Crippen LogP contribution in [-0.2, 0) is 6.54 Å². The van der Waals surface area contributed by atoms with Gasteiger partial charge in [0.1, 0.15) is 0 Å². The molecular weight excluding hydrogens is 293 g/mol. The zero-order valence-corrected chi connectivity index (χ0v) is 12.0. The molecule has 5 heteroatoms. The van der Waals surface area contributed by atoms with Crippen LogP contribution in [0.25, 0.3) is 0 Å². The lowest BCUT2D eigenvalue weighted by molar-refractivity contribution is 0.748. The number of nitrogens with one attached hydrogen (secondary N) is 1. The minimum atomic E-state index is 0.450. The number of nitrogens with zero attached hydrogens (tertiary/aromatic N) is 2. The fourth-order valence-electron chi connectivity index (χ4n) is 1.59. The Morgan fingerprint density at radius 3 is 2.35 bits per heavy atom. The summed E-state index contributed by atoms with van der Waals surface area (Å²) in [5.41, 5.74) is 5.24. The average molecular weight is 304 g/mol. The van der Waals surface area contributed by atoms with Crippen molar-refractivity contribution >= 4 is 29.4 Å². The van der Waals surface area contributed by atoms with E-state index in [4.69, 9.17) is 28.5 Å². The molecule has 0 atom stereocenters. The van der Waals surface area contributed by atoms with E-state index in [0.29, 0.717) is 22.2 Å². The molecule has 2 rings (SSSR count). The third-order valence-electron chi connectivity index (χ3n) is 2.66. The first-order valence-electron chi connectivity index (χ1n) is 5.89. The predicted molar refractivity (Wildman–Crippen MR) is 82.1 cm³/mol. The molecule has 0 fully saturated rings. The Morgan fingerprint density at radius 1 is 1.10 bits per heavy atom. The molecule has 0 spiro atoms. The van der Waals surface area contributed by atoms with Gasteiger partial charge >= 0.3 is 0 Å². The molecule has 0 radical (unpaired) electrons. The van der Waals surface area contributed by atoms with Crippen molar-refractivity contribution in [3.8, 4) is 6.07 Å². The van der Waals surface area contributed by atoms with Crippen molar-refractivity contribution < 1.29 is 0 Å². The lowest BCUT2D eigenvalue weighted by Crippen LogP contribution is -2.06. The van der Waals surface area contributed by atoms with Gasteiger partial charge in [-0.2, -0.15) is 10.4 Å². The summed E-state index contributed by atoms with van der Waals surface area (Å²) < 4.78 is 0. The minimum Gasteiger partial charge on any atom is -0.306 e. The lowest BCUT2D eigenvalue weighted by Gasteiger charge is -2.05. The second-order valence-corrected chi connectivity index (χ2v) is 4.84. The number of benzene rings is 2. The molecule has 2 aromatic carbocycles.